The average Bonchev–Trinajstić information content (AvgIpc) is 2.33. The predicted molar refractivity (Wildman–Crippen MR) is 61.0 cm³/mol. The molecule has 1 heterocycles. The zero-order valence-electron chi connectivity index (χ0n) is 9.77. The van der Waals surface area contributed by atoms with Crippen molar-refractivity contribution in [3.63, 3.8) is 0 Å². The first kappa shape index (κ1) is 12.7. The van der Waals surface area contributed by atoms with Gasteiger partial charge in [0, 0.05) is 5.54 Å². The third-order valence-corrected chi connectivity index (χ3v) is 2.57. The summed E-state index contributed by atoms with van der Waals surface area (Å²) < 4.78 is 0. The number of hydrogen-bond acceptors (Lipinski definition) is 1. The number of hydrogen-bond donors (Lipinski definition) is 0. The summed E-state index contributed by atoms with van der Waals surface area (Å²) in [5.74, 6) is 0. The number of allylic oxidation sites excluding steroid dienone is 1. The molecule has 13 heavy (non-hydrogen) atoms. The van der Waals surface area contributed by atoms with Gasteiger partial charge in [0.25, 0.3) is 0 Å². The maximum absolute atomic E-state index is 3.36. The van der Waals surface area contributed by atoms with Crippen LogP contribution < -0.4 is 0 Å². The minimum absolute atomic E-state index is 0.496. The van der Waals surface area contributed by atoms with Crippen molar-refractivity contribution in [3.05, 3.63) is 12.7 Å². The van der Waals surface area contributed by atoms with Gasteiger partial charge in [-0.05, 0) is 53.1 Å². The molecule has 0 amide bonds. The average molecular weight is 183 g/mol. The van der Waals surface area contributed by atoms with Crippen LogP contribution in [0.25, 0.3) is 0 Å². The van der Waals surface area contributed by atoms with Gasteiger partial charge in [0.15, 0.2) is 0 Å². The quantitative estimate of drug-likeness (QED) is 0.593. The summed E-state index contributed by atoms with van der Waals surface area (Å²) in [5, 5.41) is 0. The van der Waals surface area contributed by atoms with E-state index < -0.39 is 0 Å². The van der Waals surface area contributed by atoms with E-state index in [-0.39, 0.29) is 0 Å². The predicted octanol–water partition coefficient (Wildman–Crippen LogP) is 3.46. The van der Waals surface area contributed by atoms with E-state index in [1.165, 1.54) is 32.4 Å². The fourth-order valence-corrected chi connectivity index (χ4v) is 1.85. The Balaban J connectivity index is 0.000000424. The topological polar surface area (TPSA) is 3.24 Å². The zero-order valence-corrected chi connectivity index (χ0v) is 9.77. The van der Waals surface area contributed by atoms with Crippen LogP contribution in [0.1, 0.15) is 47.0 Å². The van der Waals surface area contributed by atoms with Gasteiger partial charge in [0.2, 0.25) is 0 Å². The van der Waals surface area contributed by atoms with Crippen molar-refractivity contribution >= 4 is 0 Å². The second kappa shape index (κ2) is 6.20. The van der Waals surface area contributed by atoms with Crippen molar-refractivity contribution in [1.29, 1.82) is 0 Å². The Kier molecular flexibility index (Phi) is 6.06. The van der Waals surface area contributed by atoms with Crippen molar-refractivity contribution in [3.8, 4) is 0 Å². The monoisotopic (exact) mass is 183 g/mol. The van der Waals surface area contributed by atoms with Crippen LogP contribution >= 0.6 is 0 Å². The molecule has 0 N–H and O–H groups in total. The highest BCUT2D eigenvalue weighted by atomic mass is 15.2. The molecule has 1 heteroatoms. The van der Waals surface area contributed by atoms with Crippen molar-refractivity contribution < 1.29 is 0 Å². The third kappa shape index (κ3) is 4.47. The normalized spacial score (nSPS) is 20.6. The molecule has 78 valence electrons. The lowest BCUT2D eigenvalue weighted by Crippen LogP contribution is -2.38. The molecule has 0 aromatic rings. The summed E-state index contributed by atoms with van der Waals surface area (Å²) in [7, 11) is 0. The van der Waals surface area contributed by atoms with Crippen molar-refractivity contribution in [2.24, 2.45) is 0 Å². The lowest BCUT2D eigenvalue weighted by molar-refractivity contribution is 0.175. The van der Waals surface area contributed by atoms with Gasteiger partial charge in [0.1, 0.15) is 0 Å². The van der Waals surface area contributed by atoms with Crippen LogP contribution in [0.4, 0.5) is 0 Å². The SMILES string of the molecule is C=CC.CCCN1CCCC1(C)C. The second-order valence-electron chi connectivity index (χ2n) is 4.31. The highest BCUT2D eigenvalue weighted by molar-refractivity contribution is 4.87. The van der Waals surface area contributed by atoms with Crippen molar-refractivity contribution in [1.82, 2.24) is 4.90 Å². The van der Waals surface area contributed by atoms with Crippen LogP contribution in [0.5, 0.6) is 0 Å². The minimum Gasteiger partial charge on any atom is -0.298 e. The molecule has 0 saturated carbocycles. The lowest BCUT2D eigenvalue weighted by atomic mass is 10.0. The molecule has 0 unspecified atom stereocenters. The van der Waals surface area contributed by atoms with E-state index in [4.69, 9.17) is 0 Å². The van der Waals surface area contributed by atoms with Crippen LogP contribution in [0.3, 0.4) is 0 Å². The Morgan fingerprint density at radius 2 is 2.00 bits per heavy atom. The minimum atomic E-state index is 0.496. The van der Waals surface area contributed by atoms with Gasteiger partial charge in [-0.1, -0.05) is 13.0 Å². The van der Waals surface area contributed by atoms with Crippen LogP contribution in [-0.4, -0.2) is 23.5 Å². The van der Waals surface area contributed by atoms with Gasteiger partial charge in [-0.15, -0.1) is 6.58 Å². The van der Waals surface area contributed by atoms with Crippen LogP contribution in [-0.2, 0) is 0 Å². The van der Waals surface area contributed by atoms with E-state index in [0.29, 0.717) is 5.54 Å². The van der Waals surface area contributed by atoms with E-state index in [2.05, 4.69) is 32.3 Å². The Hall–Kier alpha value is -0.300. The Morgan fingerprint density at radius 3 is 2.31 bits per heavy atom. The molecule has 0 spiro atoms. The number of nitrogens with zero attached hydrogens (tertiary/aromatic N) is 1. The van der Waals surface area contributed by atoms with Gasteiger partial charge in [-0.2, -0.15) is 0 Å². The maximum Gasteiger partial charge on any atom is 0.0153 e. The van der Waals surface area contributed by atoms with Crippen LogP contribution in [0.15, 0.2) is 12.7 Å². The molecule has 1 fully saturated rings. The molecule has 1 nitrogen and oxygen atoms in total. The molecule has 0 aromatic carbocycles. The molecular weight excluding hydrogens is 158 g/mol. The standard InChI is InChI=1S/C9H19N.C3H6/c1-4-7-10-8-5-6-9(10,2)3;1-3-2/h4-8H2,1-3H3;3H,1H2,2H3. The van der Waals surface area contributed by atoms with E-state index in [0.717, 1.165) is 0 Å². The van der Waals surface area contributed by atoms with E-state index in [9.17, 15) is 0 Å². The van der Waals surface area contributed by atoms with Crippen LogP contribution in [0, 0.1) is 0 Å². The lowest BCUT2D eigenvalue weighted by Gasteiger charge is -2.30. The first-order valence-corrected chi connectivity index (χ1v) is 5.40. The third-order valence-electron chi connectivity index (χ3n) is 2.57. The molecule has 1 aliphatic heterocycles. The van der Waals surface area contributed by atoms with Crippen molar-refractivity contribution in [2.75, 3.05) is 13.1 Å². The van der Waals surface area contributed by atoms with E-state index >= 15 is 0 Å². The molecule has 0 atom stereocenters. The zero-order chi connectivity index (χ0) is 10.3. The molecule has 0 radical (unpaired) electrons. The maximum atomic E-state index is 3.36. The molecule has 0 aliphatic carbocycles. The molecule has 0 bridgehead atoms. The molecule has 0 aromatic heterocycles. The highest BCUT2D eigenvalue weighted by Crippen LogP contribution is 2.27. The number of likely N-dealkylation sites (tertiary alicyclic amines) is 1. The smallest absolute Gasteiger partial charge is 0.0153 e. The first-order valence-electron chi connectivity index (χ1n) is 5.40. The Labute approximate surface area is 83.8 Å². The Morgan fingerprint density at radius 1 is 1.46 bits per heavy atom. The summed E-state index contributed by atoms with van der Waals surface area (Å²) in [5.41, 5.74) is 0.496. The summed E-state index contributed by atoms with van der Waals surface area (Å²) >= 11 is 0. The summed E-state index contributed by atoms with van der Waals surface area (Å²) in [6, 6.07) is 0. The van der Waals surface area contributed by atoms with Gasteiger partial charge in [0.05, 0.1) is 0 Å². The van der Waals surface area contributed by atoms with Gasteiger partial charge < -0.3 is 0 Å². The summed E-state index contributed by atoms with van der Waals surface area (Å²) in [4.78, 5) is 2.60. The van der Waals surface area contributed by atoms with Crippen molar-refractivity contribution in [2.45, 2.75) is 52.5 Å². The molecular formula is C12H25N. The van der Waals surface area contributed by atoms with Gasteiger partial charge >= 0.3 is 0 Å². The Bertz CT molecular complexity index is 138. The van der Waals surface area contributed by atoms with Crippen LogP contribution in [0.2, 0.25) is 0 Å². The molecule has 1 saturated heterocycles. The van der Waals surface area contributed by atoms with Gasteiger partial charge in [-0.3, -0.25) is 4.90 Å². The number of rotatable bonds is 2. The highest BCUT2D eigenvalue weighted by Gasteiger charge is 2.30. The first-order chi connectivity index (χ1) is 6.08. The molecule has 1 rings (SSSR count). The largest absolute Gasteiger partial charge is 0.298 e. The fourth-order valence-electron chi connectivity index (χ4n) is 1.85. The second-order valence-corrected chi connectivity index (χ2v) is 4.31. The van der Waals surface area contributed by atoms with E-state index in [1.807, 2.05) is 6.92 Å². The fraction of sp³-hybridized carbons (Fsp3) is 0.833. The molecule has 1 aliphatic rings. The summed E-state index contributed by atoms with van der Waals surface area (Å²) in [6.07, 6.45) is 5.82. The summed E-state index contributed by atoms with van der Waals surface area (Å²) in [6.45, 7) is 14.8. The van der Waals surface area contributed by atoms with Gasteiger partial charge in [-0.25, -0.2) is 0 Å². The van der Waals surface area contributed by atoms with E-state index in [1.54, 1.807) is 6.08 Å².